The number of hydrogen-bond donors (Lipinski definition) is 1. The highest BCUT2D eigenvalue weighted by atomic mass is 16.3. The first-order valence-corrected chi connectivity index (χ1v) is 8.99. The number of furan rings is 1. The van der Waals surface area contributed by atoms with Gasteiger partial charge in [0.05, 0.1) is 11.8 Å². The first-order chi connectivity index (χ1) is 13.6. The van der Waals surface area contributed by atoms with Crippen LogP contribution in [0.3, 0.4) is 0 Å². The maximum absolute atomic E-state index is 12.8. The third-order valence-corrected chi connectivity index (χ3v) is 4.87. The Labute approximate surface area is 162 Å². The maximum atomic E-state index is 12.8. The second-order valence-electron chi connectivity index (χ2n) is 6.79. The van der Waals surface area contributed by atoms with Crippen molar-refractivity contribution in [2.45, 2.75) is 19.5 Å². The Morgan fingerprint density at radius 1 is 1.00 bits per heavy atom. The van der Waals surface area contributed by atoms with E-state index in [1.807, 2.05) is 49.4 Å². The predicted octanol–water partition coefficient (Wildman–Crippen LogP) is 4.21. The lowest BCUT2D eigenvalue weighted by Crippen LogP contribution is -2.29. The fourth-order valence-corrected chi connectivity index (χ4v) is 3.43. The highest BCUT2D eigenvalue weighted by Crippen LogP contribution is 2.40. The standard InChI is InChI=1S/C23H19NO4/c1-15-9-11-17(12-10-15)21(25)19-20(18-8-5-13-28-18)24(23(27)22(19)26)14-16-6-3-2-4-7-16/h2-13,20,25H,14H2,1H3/b21-19+. The van der Waals surface area contributed by atoms with Gasteiger partial charge < -0.3 is 14.4 Å². The highest BCUT2D eigenvalue weighted by molar-refractivity contribution is 6.46. The Balaban J connectivity index is 1.83. The van der Waals surface area contributed by atoms with Gasteiger partial charge >= 0.3 is 0 Å². The van der Waals surface area contributed by atoms with Gasteiger partial charge in [-0.2, -0.15) is 0 Å². The minimum atomic E-state index is -0.781. The van der Waals surface area contributed by atoms with E-state index in [1.54, 1.807) is 24.3 Å². The van der Waals surface area contributed by atoms with Crippen LogP contribution in [0.5, 0.6) is 0 Å². The molecule has 1 amide bonds. The molecule has 1 unspecified atom stereocenters. The van der Waals surface area contributed by atoms with Crippen molar-refractivity contribution in [1.82, 2.24) is 4.90 Å². The minimum absolute atomic E-state index is 0.0414. The average molecular weight is 373 g/mol. The molecule has 1 N–H and O–H groups in total. The second kappa shape index (κ2) is 7.19. The molecule has 0 radical (unpaired) electrons. The first-order valence-electron chi connectivity index (χ1n) is 8.99. The zero-order valence-corrected chi connectivity index (χ0v) is 15.3. The van der Waals surface area contributed by atoms with Crippen molar-refractivity contribution in [2.24, 2.45) is 0 Å². The summed E-state index contributed by atoms with van der Waals surface area (Å²) in [6.07, 6.45) is 1.49. The molecular formula is C23H19NO4. The SMILES string of the molecule is Cc1ccc(/C(O)=C2\C(=O)C(=O)N(Cc3ccccc3)C2c2ccco2)cc1. The molecule has 1 aliphatic rings. The van der Waals surface area contributed by atoms with Gasteiger partial charge in [0.15, 0.2) is 0 Å². The third-order valence-electron chi connectivity index (χ3n) is 4.87. The first kappa shape index (κ1) is 17.8. The van der Waals surface area contributed by atoms with Gasteiger partial charge in [-0.1, -0.05) is 60.2 Å². The quantitative estimate of drug-likeness (QED) is 0.422. The number of nitrogens with zero attached hydrogens (tertiary/aromatic N) is 1. The number of likely N-dealkylation sites (tertiary alicyclic amines) is 1. The number of hydrogen-bond acceptors (Lipinski definition) is 4. The monoisotopic (exact) mass is 373 g/mol. The van der Waals surface area contributed by atoms with Crippen LogP contribution < -0.4 is 0 Å². The number of carbonyl (C=O) groups excluding carboxylic acids is 2. The molecule has 1 fully saturated rings. The molecule has 3 aromatic rings. The van der Waals surface area contributed by atoms with Crippen LogP contribution in [-0.4, -0.2) is 21.7 Å². The fourth-order valence-electron chi connectivity index (χ4n) is 3.43. The van der Waals surface area contributed by atoms with Crippen LogP contribution in [0.15, 0.2) is 83.0 Å². The van der Waals surface area contributed by atoms with Crippen LogP contribution in [-0.2, 0) is 16.1 Å². The Kier molecular flexibility index (Phi) is 4.57. The van der Waals surface area contributed by atoms with Gasteiger partial charge in [-0.05, 0) is 24.6 Å². The lowest BCUT2D eigenvalue weighted by Gasteiger charge is -2.23. The van der Waals surface area contributed by atoms with Gasteiger partial charge in [0.1, 0.15) is 17.6 Å². The zero-order valence-electron chi connectivity index (χ0n) is 15.3. The van der Waals surface area contributed by atoms with Gasteiger partial charge in [0.25, 0.3) is 11.7 Å². The molecule has 0 bridgehead atoms. The molecule has 1 aromatic heterocycles. The summed E-state index contributed by atoms with van der Waals surface area (Å²) >= 11 is 0. The zero-order chi connectivity index (χ0) is 19.7. The van der Waals surface area contributed by atoms with E-state index < -0.39 is 17.7 Å². The smallest absolute Gasteiger partial charge is 0.296 e. The molecular weight excluding hydrogens is 354 g/mol. The summed E-state index contributed by atoms with van der Waals surface area (Å²) in [5, 5.41) is 10.9. The Morgan fingerprint density at radius 2 is 1.71 bits per heavy atom. The molecule has 2 aromatic carbocycles. The van der Waals surface area contributed by atoms with Crippen LogP contribution in [0.4, 0.5) is 0 Å². The summed E-state index contributed by atoms with van der Waals surface area (Å²) < 4.78 is 5.53. The van der Waals surface area contributed by atoms with E-state index in [1.165, 1.54) is 11.2 Å². The van der Waals surface area contributed by atoms with Gasteiger partial charge in [0.2, 0.25) is 0 Å². The fraction of sp³-hybridized carbons (Fsp3) is 0.130. The summed E-state index contributed by atoms with van der Waals surface area (Å²) in [7, 11) is 0. The van der Waals surface area contributed by atoms with Crippen LogP contribution in [0, 0.1) is 6.92 Å². The molecule has 4 rings (SSSR count). The van der Waals surface area contributed by atoms with Crippen molar-refractivity contribution in [3.05, 3.63) is 101 Å². The number of aliphatic hydroxyl groups is 1. The number of benzene rings is 2. The summed E-state index contributed by atoms with van der Waals surface area (Å²) in [6.45, 7) is 2.17. The van der Waals surface area contributed by atoms with Gasteiger partial charge in [-0.15, -0.1) is 0 Å². The molecule has 1 atom stereocenters. The molecule has 1 aliphatic heterocycles. The van der Waals surface area contributed by atoms with E-state index in [0.717, 1.165) is 11.1 Å². The number of aliphatic hydroxyl groups excluding tert-OH is 1. The number of carbonyl (C=O) groups is 2. The number of amides is 1. The van der Waals surface area contributed by atoms with E-state index in [0.29, 0.717) is 11.3 Å². The predicted molar refractivity (Wildman–Crippen MR) is 104 cm³/mol. The lowest BCUT2D eigenvalue weighted by molar-refractivity contribution is -0.140. The van der Waals surface area contributed by atoms with E-state index in [4.69, 9.17) is 4.42 Å². The topological polar surface area (TPSA) is 70.8 Å². The number of ketones is 1. The Bertz CT molecular complexity index is 1030. The van der Waals surface area contributed by atoms with Crippen LogP contribution in [0.2, 0.25) is 0 Å². The van der Waals surface area contributed by atoms with E-state index in [9.17, 15) is 14.7 Å². The summed E-state index contributed by atoms with van der Waals surface area (Å²) in [5.41, 5.74) is 2.44. The molecule has 1 saturated heterocycles. The van der Waals surface area contributed by atoms with Crippen LogP contribution in [0.25, 0.3) is 5.76 Å². The van der Waals surface area contributed by atoms with Gasteiger partial charge in [-0.3, -0.25) is 9.59 Å². The molecule has 0 saturated carbocycles. The molecule has 2 heterocycles. The molecule has 0 spiro atoms. The van der Waals surface area contributed by atoms with E-state index >= 15 is 0 Å². The van der Waals surface area contributed by atoms with Crippen molar-refractivity contribution in [2.75, 3.05) is 0 Å². The molecule has 0 aliphatic carbocycles. The van der Waals surface area contributed by atoms with Gasteiger partial charge in [-0.25, -0.2) is 0 Å². The normalized spacial score (nSPS) is 18.6. The summed E-state index contributed by atoms with van der Waals surface area (Å²) in [6, 6.07) is 19.2. The summed E-state index contributed by atoms with van der Waals surface area (Å²) in [4.78, 5) is 27.1. The second-order valence-corrected chi connectivity index (χ2v) is 6.79. The highest BCUT2D eigenvalue weighted by Gasteiger charge is 2.47. The number of aryl methyl sites for hydroxylation is 1. The van der Waals surface area contributed by atoms with Crippen molar-refractivity contribution in [1.29, 1.82) is 0 Å². The minimum Gasteiger partial charge on any atom is -0.507 e. The van der Waals surface area contributed by atoms with E-state index in [-0.39, 0.29) is 17.9 Å². The largest absolute Gasteiger partial charge is 0.507 e. The molecule has 140 valence electrons. The van der Waals surface area contributed by atoms with Crippen molar-refractivity contribution in [3.8, 4) is 0 Å². The van der Waals surface area contributed by atoms with Crippen LogP contribution >= 0.6 is 0 Å². The molecule has 5 nitrogen and oxygen atoms in total. The number of rotatable bonds is 4. The maximum Gasteiger partial charge on any atom is 0.296 e. The summed E-state index contributed by atoms with van der Waals surface area (Å²) in [5.74, 6) is -1.13. The Hall–Kier alpha value is -3.60. The van der Waals surface area contributed by atoms with Crippen LogP contribution in [0.1, 0.15) is 28.5 Å². The Morgan fingerprint density at radius 3 is 2.36 bits per heavy atom. The lowest BCUT2D eigenvalue weighted by atomic mass is 9.98. The average Bonchev–Trinajstić information content (AvgIpc) is 3.32. The molecule has 5 heteroatoms. The molecule has 28 heavy (non-hydrogen) atoms. The third kappa shape index (κ3) is 3.11. The van der Waals surface area contributed by atoms with Gasteiger partial charge in [0, 0.05) is 12.1 Å². The van der Waals surface area contributed by atoms with Crippen molar-refractivity contribution < 1.29 is 19.1 Å². The van der Waals surface area contributed by atoms with E-state index in [2.05, 4.69) is 0 Å². The van der Waals surface area contributed by atoms with Crippen molar-refractivity contribution >= 4 is 17.4 Å². The van der Waals surface area contributed by atoms with Crippen molar-refractivity contribution in [3.63, 3.8) is 0 Å². The number of Topliss-reactive ketones (excluding diaryl/α,β-unsaturated/α-hetero) is 1.